The van der Waals surface area contributed by atoms with Gasteiger partial charge in [-0.05, 0) is 29.3 Å². The molecule has 0 aliphatic carbocycles. The summed E-state index contributed by atoms with van der Waals surface area (Å²) in [6.45, 7) is 2.22. The van der Waals surface area contributed by atoms with E-state index in [0.29, 0.717) is 0 Å². The lowest BCUT2D eigenvalue weighted by atomic mass is 10.1. The Hall–Kier alpha value is -1.32. The molecule has 0 aliphatic heterocycles. The van der Waals surface area contributed by atoms with E-state index in [1.54, 1.807) is 6.20 Å². The number of unbranched alkanes of at least 4 members (excludes halogenated alkanes) is 4. The summed E-state index contributed by atoms with van der Waals surface area (Å²) in [4.78, 5) is 0. The van der Waals surface area contributed by atoms with E-state index in [-0.39, 0.29) is 0 Å². The van der Waals surface area contributed by atoms with Gasteiger partial charge in [0.05, 0.1) is 6.20 Å². The quantitative estimate of drug-likeness (QED) is 0.649. The average molecular weight is 192 g/mol. The molecule has 1 aromatic heterocycles. The van der Waals surface area contributed by atoms with Gasteiger partial charge in [-0.1, -0.05) is 32.3 Å². The van der Waals surface area contributed by atoms with Crippen LogP contribution in [-0.2, 0) is 0 Å². The van der Waals surface area contributed by atoms with Crippen molar-refractivity contribution in [2.24, 2.45) is 0 Å². The van der Waals surface area contributed by atoms with E-state index in [1.165, 1.54) is 25.7 Å². The first-order chi connectivity index (χ1) is 6.93. The normalized spacial score (nSPS) is 10.9. The van der Waals surface area contributed by atoms with Crippen LogP contribution in [0.1, 0.15) is 44.7 Å². The number of allylic oxidation sites excluding steroid dienone is 1. The van der Waals surface area contributed by atoms with Crippen LogP contribution in [0.25, 0.3) is 6.08 Å². The zero-order valence-corrected chi connectivity index (χ0v) is 8.56. The molecule has 0 N–H and O–H groups in total. The Bertz CT molecular complexity index is 258. The van der Waals surface area contributed by atoms with Gasteiger partial charge >= 0.3 is 0 Å². The standard InChI is InChI=1S/C10H16N4/c1-2-3-4-5-6-7-8-10-9-11-13-14-12-10/h7-9H,2-6H2,1H3. The van der Waals surface area contributed by atoms with Crippen LogP contribution >= 0.6 is 0 Å². The maximum Gasteiger partial charge on any atom is 0.107 e. The van der Waals surface area contributed by atoms with Crippen LogP contribution in [-0.4, -0.2) is 20.6 Å². The van der Waals surface area contributed by atoms with Gasteiger partial charge in [0.1, 0.15) is 5.69 Å². The zero-order valence-electron chi connectivity index (χ0n) is 8.56. The molecule has 0 bridgehead atoms. The molecule has 0 aliphatic rings. The maximum absolute atomic E-state index is 3.80. The van der Waals surface area contributed by atoms with Crippen LogP contribution in [0.5, 0.6) is 0 Å². The van der Waals surface area contributed by atoms with Crippen LogP contribution in [0.2, 0.25) is 0 Å². The van der Waals surface area contributed by atoms with Crippen LogP contribution in [0, 0.1) is 0 Å². The Morgan fingerprint density at radius 3 is 2.86 bits per heavy atom. The second kappa shape index (κ2) is 7.12. The lowest BCUT2D eigenvalue weighted by molar-refractivity contribution is 0.675. The van der Waals surface area contributed by atoms with Gasteiger partial charge in [-0.2, -0.15) is 0 Å². The molecule has 0 unspecified atom stereocenters. The first-order valence-corrected chi connectivity index (χ1v) is 5.11. The summed E-state index contributed by atoms with van der Waals surface area (Å²) in [6.07, 6.45) is 11.9. The molecule has 0 spiro atoms. The fraction of sp³-hybridized carbons (Fsp3) is 0.600. The minimum Gasteiger partial charge on any atom is -0.135 e. The Labute approximate surface area is 84.4 Å². The molecular formula is C10H16N4. The Morgan fingerprint density at radius 1 is 1.21 bits per heavy atom. The van der Waals surface area contributed by atoms with Crippen molar-refractivity contribution in [2.75, 3.05) is 0 Å². The molecule has 1 rings (SSSR count). The molecule has 4 heteroatoms. The van der Waals surface area contributed by atoms with Crippen LogP contribution < -0.4 is 0 Å². The Kier molecular flexibility index (Phi) is 5.47. The molecule has 1 aromatic rings. The average Bonchev–Trinajstić information content (AvgIpc) is 2.25. The van der Waals surface area contributed by atoms with Gasteiger partial charge in [-0.3, -0.25) is 0 Å². The van der Waals surface area contributed by atoms with E-state index in [0.717, 1.165) is 12.1 Å². The van der Waals surface area contributed by atoms with Crippen LogP contribution in [0.4, 0.5) is 0 Å². The van der Waals surface area contributed by atoms with Crippen molar-refractivity contribution in [3.8, 4) is 0 Å². The Balaban J connectivity index is 2.15. The highest BCUT2D eigenvalue weighted by atomic mass is 15.4. The van der Waals surface area contributed by atoms with E-state index in [1.807, 2.05) is 6.08 Å². The molecule has 0 aromatic carbocycles. The summed E-state index contributed by atoms with van der Waals surface area (Å²) < 4.78 is 0. The smallest absolute Gasteiger partial charge is 0.107 e. The van der Waals surface area contributed by atoms with Crippen molar-refractivity contribution < 1.29 is 0 Å². The van der Waals surface area contributed by atoms with Gasteiger partial charge in [-0.15, -0.1) is 10.2 Å². The molecule has 0 fully saturated rings. The van der Waals surface area contributed by atoms with Gasteiger partial charge in [0.2, 0.25) is 0 Å². The van der Waals surface area contributed by atoms with Gasteiger partial charge in [0, 0.05) is 0 Å². The molecule has 0 amide bonds. The first-order valence-electron chi connectivity index (χ1n) is 5.11. The third-order valence-corrected chi connectivity index (χ3v) is 1.95. The molecule has 0 atom stereocenters. The van der Waals surface area contributed by atoms with E-state index in [2.05, 4.69) is 33.6 Å². The third-order valence-electron chi connectivity index (χ3n) is 1.95. The third kappa shape index (κ3) is 4.64. The highest BCUT2D eigenvalue weighted by Crippen LogP contribution is 2.04. The van der Waals surface area contributed by atoms with E-state index in [9.17, 15) is 0 Å². The number of hydrogen-bond acceptors (Lipinski definition) is 4. The number of aromatic nitrogens is 4. The predicted octanol–water partition coefficient (Wildman–Crippen LogP) is 2.25. The zero-order chi connectivity index (χ0) is 10.1. The van der Waals surface area contributed by atoms with Gasteiger partial charge < -0.3 is 0 Å². The molecule has 14 heavy (non-hydrogen) atoms. The highest BCUT2D eigenvalue weighted by molar-refractivity contribution is 5.41. The first kappa shape index (κ1) is 10.8. The van der Waals surface area contributed by atoms with Gasteiger partial charge in [0.15, 0.2) is 0 Å². The minimum atomic E-state index is 0.774. The number of hydrogen-bond donors (Lipinski definition) is 0. The van der Waals surface area contributed by atoms with Crippen LogP contribution in [0.3, 0.4) is 0 Å². The van der Waals surface area contributed by atoms with E-state index >= 15 is 0 Å². The van der Waals surface area contributed by atoms with Crippen molar-refractivity contribution in [1.29, 1.82) is 0 Å². The predicted molar refractivity (Wildman–Crippen MR) is 55.4 cm³/mol. The summed E-state index contributed by atoms with van der Waals surface area (Å²) in [7, 11) is 0. The molecule has 4 nitrogen and oxygen atoms in total. The van der Waals surface area contributed by atoms with Crippen molar-refractivity contribution in [3.05, 3.63) is 18.0 Å². The van der Waals surface area contributed by atoms with E-state index < -0.39 is 0 Å². The molecule has 0 saturated heterocycles. The second-order valence-electron chi connectivity index (χ2n) is 3.20. The molecule has 0 saturated carbocycles. The SMILES string of the molecule is CCCCCCC=Cc1cnnnn1. The Morgan fingerprint density at radius 2 is 2.14 bits per heavy atom. The summed E-state index contributed by atoms with van der Waals surface area (Å²) in [6, 6.07) is 0. The highest BCUT2D eigenvalue weighted by Gasteiger charge is 1.87. The summed E-state index contributed by atoms with van der Waals surface area (Å²) in [5.41, 5.74) is 0.774. The van der Waals surface area contributed by atoms with Gasteiger partial charge in [0.25, 0.3) is 0 Å². The number of nitrogens with zero attached hydrogens (tertiary/aromatic N) is 4. The lowest BCUT2D eigenvalue weighted by Gasteiger charge is -1.93. The van der Waals surface area contributed by atoms with Crippen molar-refractivity contribution in [1.82, 2.24) is 20.6 Å². The summed E-state index contributed by atoms with van der Waals surface area (Å²) >= 11 is 0. The van der Waals surface area contributed by atoms with Gasteiger partial charge in [-0.25, -0.2) is 0 Å². The van der Waals surface area contributed by atoms with Crippen LogP contribution in [0.15, 0.2) is 12.3 Å². The largest absolute Gasteiger partial charge is 0.135 e. The lowest BCUT2D eigenvalue weighted by Crippen LogP contribution is -1.91. The summed E-state index contributed by atoms with van der Waals surface area (Å²) in [5, 5.41) is 14.3. The summed E-state index contributed by atoms with van der Waals surface area (Å²) in [5.74, 6) is 0. The van der Waals surface area contributed by atoms with Crippen molar-refractivity contribution in [2.45, 2.75) is 39.0 Å². The van der Waals surface area contributed by atoms with E-state index in [4.69, 9.17) is 0 Å². The fourth-order valence-corrected chi connectivity index (χ4v) is 1.17. The monoisotopic (exact) mass is 192 g/mol. The topological polar surface area (TPSA) is 51.6 Å². The minimum absolute atomic E-state index is 0.774. The number of rotatable bonds is 6. The second-order valence-corrected chi connectivity index (χ2v) is 3.20. The molecule has 0 radical (unpaired) electrons. The molecular weight excluding hydrogens is 176 g/mol. The van der Waals surface area contributed by atoms with Crippen molar-refractivity contribution in [3.63, 3.8) is 0 Å². The maximum atomic E-state index is 3.80. The van der Waals surface area contributed by atoms with Crippen molar-refractivity contribution >= 4 is 6.08 Å². The molecule has 1 heterocycles. The fourth-order valence-electron chi connectivity index (χ4n) is 1.17. The molecule has 76 valence electrons.